The molecule has 5 heteroatoms. The number of carbonyl (C=O) groups excluding carboxylic acids is 3. The standard InChI is InChI=1S/C17H21NO4/c1-12-7-13(2)9-18(8-12)16(20)11-22-17(21)15-5-3-14(10-19)4-6-15/h3-6,10,12-13H,7-9,11H2,1-2H3. The summed E-state index contributed by atoms with van der Waals surface area (Å²) in [5, 5.41) is 0. The molecule has 1 aromatic rings. The lowest BCUT2D eigenvalue weighted by atomic mass is 9.92. The molecule has 1 heterocycles. The normalized spacial score (nSPS) is 21.3. The molecule has 1 amide bonds. The van der Waals surface area contributed by atoms with E-state index in [1.54, 1.807) is 17.0 Å². The van der Waals surface area contributed by atoms with Crippen molar-refractivity contribution in [2.45, 2.75) is 20.3 Å². The van der Waals surface area contributed by atoms with E-state index in [0.29, 0.717) is 29.2 Å². The highest BCUT2D eigenvalue weighted by molar-refractivity contribution is 5.92. The lowest BCUT2D eigenvalue weighted by Gasteiger charge is -2.34. The lowest BCUT2D eigenvalue weighted by Crippen LogP contribution is -2.44. The van der Waals surface area contributed by atoms with Crippen LogP contribution in [0.4, 0.5) is 0 Å². The highest BCUT2D eigenvalue weighted by atomic mass is 16.5. The number of piperidine rings is 1. The second kappa shape index (κ2) is 7.20. The summed E-state index contributed by atoms with van der Waals surface area (Å²) in [5.74, 6) is 0.235. The van der Waals surface area contributed by atoms with Gasteiger partial charge in [0.1, 0.15) is 6.29 Å². The van der Waals surface area contributed by atoms with Gasteiger partial charge in [-0.2, -0.15) is 0 Å². The zero-order valence-corrected chi connectivity index (χ0v) is 13.0. The molecule has 1 saturated heterocycles. The molecule has 0 aromatic heterocycles. The van der Waals surface area contributed by atoms with E-state index in [-0.39, 0.29) is 12.5 Å². The summed E-state index contributed by atoms with van der Waals surface area (Å²) < 4.78 is 5.07. The fraction of sp³-hybridized carbons (Fsp3) is 0.471. The third kappa shape index (κ3) is 4.16. The molecule has 0 aliphatic carbocycles. The topological polar surface area (TPSA) is 63.7 Å². The number of aldehydes is 1. The maximum atomic E-state index is 12.1. The van der Waals surface area contributed by atoms with Crippen LogP contribution in [0.15, 0.2) is 24.3 Å². The zero-order valence-electron chi connectivity index (χ0n) is 13.0. The first-order chi connectivity index (χ1) is 10.5. The molecule has 1 fully saturated rings. The fourth-order valence-corrected chi connectivity index (χ4v) is 2.87. The molecule has 118 valence electrons. The van der Waals surface area contributed by atoms with Gasteiger partial charge >= 0.3 is 5.97 Å². The van der Waals surface area contributed by atoms with E-state index in [9.17, 15) is 14.4 Å². The Hall–Kier alpha value is -2.17. The quantitative estimate of drug-likeness (QED) is 0.631. The van der Waals surface area contributed by atoms with Crippen LogP contribution in [0.1, 0.15) is 41.0 Å². The summed E-state index contributed by atoms with van der Waals surface area (Å²) in [6.45, 7) is 5.43. The number of carbonyl (C=O) groups is 3. The Bertz CT molecular complexity index is 542. The Morgan fingerprint density at radius 2 is 1.77 bits per heavy atom. The van der Waals surface area contributed by atoms with E-state index < -0.39 is 5.97 Å². The molecule has 0 N–H and O–H groups in total. The predicted molar refractivity (Wildman–Crippen MR) is 81.6 cm³/mol. The van der Waals surface area contributed by atoms with Crippen molar-refractivity contribution in [3.63, 3.8) is 0 Å². The van der Waals surface area contributed by atoms with Crippen LogP contribution in [0, 0.1) is 11.8 Å². The van der Waals surface area contributed by atoms with E-state index in [1.165, 1.54) is 12.1 Å². The SMILES string of the molecule is CC1CC(C)CN(C(=O)COC(=O)c2ccc(C=O)cc2)C1. The van der Waals surface area contributed by atoms with Gasteiger partial charge in [0.25, 0.3) is 5.91 Å². The van der Waals surface area contributed by atoms with Gasteiger partial charge in [0, 0.05) is 18.7 Å². The number of benzene rings is 1. The molecule has 2 rings (SSSR count). The number of likely N-dealkylation sites (tertiary alicyclic amines) is 1. The van der Waals surface area contributed by atoms with Crippen molar-refractivity contribution in [1.82, 2.24) is 4.90 Å². The fourth-order valence-electron chi connectivity index (χ4n) is 2.87. The van der Waals surface area contributed by atoms with Gasteiger partial charge in [-0.1, -0.05) is 26.0 Å². The van der Waals surface area contributed by atoms with E-state index in [1.807, 2.05) is 0 Å². The number of rotatable bonds is 4. The Morgan fingerprint density at radius 3 is 2.32 bits per heavy atom. The van der Waals surface area contributed by atoms with Crippen molar-refractivity contribution in [3.05, 3.63) is 35.4 Å². The van der Waals surface area contributed by atoms with Crippen molar-refractivity contribution in [1.29, 1.82) is 0 Å². The Kier molecular flexibility index (Phi) is 5.31. The van der Waals surface area contributed by atoms with E-state index in [4.69, 9.17) is 4.74 Å². The van der Waals surface area contributed by atoms with Gasteiger partial charge in [-0.05, 0) is 30.4 Å². The number of nitrogens with zero attached hydrogens (tertiary/aromatic N) is 1. The molecule has 0 radical (unpaired) electrons. The molecule has 0 saturated carbocycles. The van der Waals surface area contributed by atoms with Crippen LogP contribution in [0.2, 0.25) is 0 Å². The van der Waals surface area contributed by atoms with Crippen LogP contribution in [0.25, 0.3) is 0 Å². The van der Waals surface area contributed by atoms with Crippen LogP contribution in [0.5, 0.6) is 0 Å². The summed E-state index contributed by atoms with van der Waals surface area (Å²) in [5.41, 5.74) is 0.822. The number of ether oxygens (including phenoxy) is 1. The first-order valence-corrected chi connectivity index (χ1v) is 7.49. The summed E-state index contributed by atoms with van der Waals surface area (Å²) in [7, 11) is 0. The predicted octanol–water partition coefficient (Wildman–Crippen LogP) is 2.16. The van der Waals surface area contributed by atoms with Crippen LogP contribution < -0.4 is 0 Å². The van der Waals surface area contributed by atoms with Gasteiger partial charge in [0.05, 0.1) is 5.56 Å². The number of hydrogen-bond acceptors (Lipinski definition) is 4. The van der Waals surface area contributed by atoms with Crippen LogP contribution in [0.3, 0.4) is 0 Å². The highest BCUT2D eigenvalue weighted by Crippen LogP contribution is 2.20. The van der Waals surface area contributed by atoms with Gasteiger partial charge in [0.15, 0.2) is 6.61 Å². The van der Waals surface area contributed by atoms with Gasteiger partial charge in [0.2, 0.25) is 0 Å². The second-order valence-corrected chi connectivity index (χ2v) is 6.06. The Balaban J connectivity index is 1.87. The van der Waals surface area contributed by atoms with Crippen LogP contribution in [-0.2, 0) is 9.53 Å². The van der Waals surface area contributed by atoms with E-state index in [0.717, 1.165) is 19.5 Å². The second-order valence-electron chi connectivity index (χ2n) is 6.06. The maximum absolute atomic E-state index is 12.1. The lowest BCUT2D eigenvalue weighted by molar-refractivity contribution is -0.137. The Morgan fingerprint density at radius 1 is 1.18 bits per heavy atom. The van der Waals surface area contributed by atoms with E-state index >= 15 is 0 Å². The molecule has 1 aromatic carbocycles. The van der Waals surface area contributed by atoms with E-state index in [2.05, 4.69) is 13.8 Å². The monoisotopic (exact) mass is 303 g/mol. The largest absolute Gasteiger partial charge is 0.452 e. The zero-order chi connectivity index (χ0) is 16.1. The highest BCUT2D eigenvalue weighted by Gasteiger charge is 2.26. The molecular weight excluding hydrogens is 282 g/mol. The molecule has 1 aliphatic heterocycles. The van der Waals surface area contributed by atoms with Gasteiger partial charge in [-0.15, -0.1) is 0 Å². The molecule has 22 heavy (non-hydrogen) atoms. The molecule has 0 spiro atoms. The average Bonchev–Trinajstić information content (AvgIpc) is 2.51. The Labute approximate surface area is 130 Å². The first-order valence-electron chi connectivity index (χ1n) is 7.49. The third-order valence-electron chi connectivity index (χ3n) is 3.83. The summed E-state index contributed by atoms with van der Waals surface area (Å²) >= 11 is 0. The van der Waals surface area contributed by atoms with Crippen molar-refractivity contribution >= 4 is 18.2 Å². The van der Waals surface area contributed by atoms with Crippen LogP contribution >= 0.6 is 0 Å². The van der Waals surface area contributed by atoms with Gasteiger partial charge < -0.3 is 9.64 Å². The summed E-state index contributed by atoms with van der Waals surface area (Å²) in [6, 6.07) is 6.11. The smallest absolute Gasteiger partial charge is 0.338 e. The van der Waals surface area contributed by atoms with Crippen molar-refractivity contribution < 1.29 is 19.1 Å². The summed E-state index contributed by atoms with van der Waals surface area (Å²) in [4.78, 5) is 36.3. The molecule has 5 nitrogen and oxygen atoms in total. The summed E-state index contributed by atoms with van der Waals surface area (Å²) in [6.07, 6.45) is 1.82. The van der Waals surface area contributed by atoms with Gasteiger partial charge in [-0.25, -0.2) is 4.79 Å². The average molecular weight is 303 g/mol. The third-order valence-corrected chi connectivity index (χ3v) is 3.83. The van der Waals surface area contributed by atoms with Gasteiger partial charge in [-0.3, -0.25) is 9.59 Å². The van der Waals surface area contributed by atoms with Crippen LogP contribution in [-0.4, -0.2) is 42.8 Å². The maximum Gasteiger partial charge on any atom is 0.338 e. The minimum Gasteiger partial charge on any atom is -0.452 e. The molecule has 1 aliphatic rings. The minimum absolute atomic E-state index is 0.156. The molecular formula is C17H21NO4. The number of hydrogen-bond donors (Lipinski definition) is 0. The first kappa shape index (κ1) is 16.2. The van der Waals surface area contributed by atoms with Crippen molar-refractivity contribution in [3.8, 4) is 0 Å². The molecule has 2 unspecified atom stereocenters. The number of esters is 1. The van der Waals surface area contributed by atoms with Crippen molar-refractivity contribution in [2.75, 3.05) is 19.7 Å². The minimum atomic E-state index is -0.552. The van der Waals surface area contributed by atoms with Crippen molar-refractivity contribution in [2.24, 2.45) is 11.8 Å². The number of amides is 1. The molecule has 0 bridgehead atoms. The molecule has 2 atom stereocenters.